The summed E-state index contributed by atoms with van der Waals surface area (Å²) in [7, 11) is 0. The molecule has 2 aromatic heterocycles. The van der Waals surface area contributed by atoms with Crippen molar-refractivity contribution in [2.45, 2.75) is 51.9 Å². The molecule has 3 aromatic rings. The van der Waals surface area contributed by atoms with Crippen LogP contribution in [0.4, 0.5) is 25.1 Å². The van der Waals surface area contributed by atoms with Gasteiger partial charge in [-0.2, -0.15) is 23.1 Å². The molecule has 1 saturated carbocycles. The summed E-state index contributed by atoms with van der Waals surface area (Å²) < 4.78 is 52.4. The third-order valence-electron chi connectivity index (χ3n) is 6.46. The molecule has 0 radical (unpaired) electrons. The molecule has 2 bridgehead atoms. The Morgan fingerprint density at radius 2 is 1.89 bits per heavy atom. The van der Waals surface area contributed by atoms with Crippen molar-refractivity contribution in [3.8, 4) is 11.8 Å². The lowest BCUT2D eigenvalue weighted by atomic mass is 9.92. The molecule has 9 nitrogen and oxygen atoms in total. The Hall–Kier alpha value is -3.02. The van der Waals surface area contributed by atoms with E-state index in [9.17, 15) is 13.2 Å². The van der Waals surface area contributed by atoms with Gasteiger partial charge >= 0.3 is 18.2 Å². The predicted octanol–water partition coefficient (Wildman–Crippen LogP) is 5.34. The van der Waals surface area contributed by atoms with E-state index >= 15 is 0 Å². The smallest absolute Gasteiger partial charge is 0.417 e. The second-order valence-electron chi connectivity index (χ2n) is 9.29. The largest absolute Gasteiger partial charge is 0.424 e. The third kappa shape index (κ3) is 4.75. The molecule has 0 amide bonds. The molecule has 2 fully saturated rings. The molecule has 1 unspecified atom stereocenters. The van der Waals surface area contributed by atoms with Gasteiger partial charge in [0.25, 0.3) is 0 Å². The maximum Gasteiger partial charge on any atom is 0.417 e. The number of aryl methyl sites for hydroxylation is 1. The van der Waals surface area contributed by atoms with E-state index in [2.05, 4.69) is 30.4 Å². The lowest BCUT2D eigenvalue weighted by Crippen LogP contribution is -2.48. The molecular weight excluding hydrogens is 487 g/mol. The van der Waals surface area contributed by atoms with Crippen LogP contribution in [-0.4, -0.2) is 44.0 Å². The molecule has 1 saturated heterocycles. The molecule has 1 aliphatic carbocycles. The summed E-state index contributed by atoms with van der Waals surface area (Å²) in [6, 6.07) is 4.07. The van der Waals surface area contributed by atoms with Gasteiger partial charge in [0.2, 0.25) is 5.95 Å². The third-order valence-corrected chi connectivity index (χ3v) is 6.79. The summed E-state index contributed by atoms with van der Waals surface area (Å²) >= 11 is 5.73. The van der Waals surface area contributed by atoms with Crippen molar-refractivity contribution >= 4 is 23.6 Å². The van der Waals surface area contributed by atoms with Crippen LogP contribution < -0.4 is 15.0 Å². The van der Waals surface area contributed by atoms with Crippen molar-refractivity contribution in [3.05, 3.63) is 34.6 Å². The summed E-state index contributed by atoms with van der Waals surface area (Å²) in [5.74, 6) is 1.63. The molecule has 188 valence electrons. The zero-order valence-corrected chi connectivity index (χ0v) is 20.1. The van der Waals surface area contributed by atoms with Gasteiger partial charge in [-0.1, -0.05) is 16.8 Å². The first kappa shape index (κ1) is 23.7. The quantitative estimate of drug-likeness (QED) is 0.474. The maximum atomic E-state index is 13.3. The minimum atomic E-state index is -4.59. The van der Waals surface area contributed by atoms with E-state index in [1.54, 1.807) is 11.6 Å². The lowest BCUT2D eigenvalue weighted by Gasteiger charge is -2.37. The van der Waals surface area contributed by atoms with Crippen molar-refractivity contribution in [1.82, 2.24) is 24.9 Å². The van der Waals surface area contributed by atoms with E-state index in [4.69, 9.17) is 20.9 Å². The first-order valence-electron chi connectivity index (χ1n) is 11.4. The standard InChI is InChI=1S/C22H25ClF3N7O2/c1-11(2)33-21(34-15-6-7-17(23)16(8-15)22(24,25)26)29-19(30-33)28-18-13-4-5-14(18)10-32(9-13)20-27-12(3)31-35-20/h6-8,11,13-14,18H,4-5,9-10H2,1-3H3,(H,28,30)/t13-,14+,18?. The number of halogens is 4. The summed E-state index contributed by atoms with van der Waals surface area (Å²) in [5, 5.41) is 11.5. The van der Waals surface area contributed by atoms with Crippen LogP contribution in [0.3, 0.4) is 0 Å². The predicted molar refractivity (Wildman–Crippen MR) is 122 cm³/mol. The average molecular weight is 512 g/mol. The number of aromatic nitrogens is 5. The summed E-state index contributed by atoms with van der Waals surface area (Å²) in [6.45, 7) is 7.12. The Labute approximate surface area is 204 Å². The minimum absolute atomic E-state index is 0.0224. The van der Waals surface area contributed by atoms with E-state index in [0.29, 0.717) is 29.6 Å². The topological polar surface area (TPSA) is 94.1 Å². The molecule has 3 atom stereocenters. The van der Waals surface area contributed by atoms with E-state index in [0.717, 1.165) is 38.1 Å². The molecule has 1 aromatic carbocycles. The minimum Gasteiger partial charge on any atom is -0.424 e. The summed E-state index contributed by atoms with van der Waals surface area (Å²) in [4.78, 5) is 10.9. The Balaban J connectivity index is 1.34. The van der Waals surface area contributed by atoms with Crippen LogP contribution in [0.5, 0.6) is 11.8 Å². The average Bonchev–Trinajstić information content (AvgIpc) is 3.45. The number of fused-ring (bicyclic) bond motifs is 2. The number of hydrogen-bond donors (Lipinski definition) is 1. The van der Waals surface area contributed by atoms with Crippen LogP contribution in [0.1, 0.15) is 44.1 Å². The van der Waals surface area contributed by atoms with Gasteiger partial charge in [-0.25, -0.2) is 4.68 Å². The lowest BCUT2D eigenvalue weighted by molar-refractivity contribution is -0.137. The summed E-state index contributed by atoms with van der Waals surface area (Å²) in [5.41, 5.74) is -0.967. The van der Waals surface area contributed by atoms with Gasteiger partial charge in [0.15, 0.2) is 5.82 Å². The molecule has 1 aliphatic heterocycles. The van der Waals surface area contributed by atoms with Crippen LogP contribution in [0, 0.1) is 18.8 Å². The number of nitrogens with one attached hydrogen (secondary N) is 1. The number of hydrogen-bond acceptors (Lipinski definition) is 8. The Morgan fingerprint density at radius 3 is 2.49 bits per heavy atom. The molecule has 0 spiro atoms. The van der Waals surface area contributed by atoms with Gasteiger partial charge < -0.3 is 19.5 Å². The summed E-state index contributed by atoms with van der Waals surface area (Å²) in [6.07, 6.45) is -2.50. The molecular formula is C22H25ClF3N7O2. The normalized spacial score (nSPS) is 22.2. The number of piperidine rings is 1. The van der Waals surface area contributed by atoms with Crippen molar-refractivity contribution < 1.29 is 22.4 Å². The molecule has 13 heteroatoms. The van der Waals surface area contributed by atoms with Crippen LogP contribution in [0.25, 0.3) is 0 Å². The van der Waals surface area contributed by atoms with Gasteiger partial charge in [0.1, 0.15) is 5.75 Å². The van der Waals surface area contributed by atoms with E-state index < -0.39 is 16.8 Å². The van der Waals surface area contributed by atoms with Crippen LogP contribution in [-0.2, 0) is 6.18 Å². The monoisotopic (exact) mass is 511 g/mol. The second-order valence-corrected chi connectivity index (χ2v) is 9.70. The molecule has 35 heavy (non-hydrogen) atoms. The molecule has 1 N–H and O–H groups in total. The number of rotatable bonds is 6. The zero-order chi connectivity index (χ0) is 24.9. The van der Waals surface area contributed by atoms with E-state index in [-0.39, 0.29) is 23.8 Å². The fraction of sp³-hybridized carbons (Fsp3) is 0.545. The Morgan fingerprint density at radius 1 is 1.17 bits per heavy atom. The van der Waals surface area contributed by atoms with Crippen molar-refractivity contribution in [1.29, 1.82) is 0 Å². The fourth-order valence-electron chi connectivity index (χ4n) is 4.84. The van der Waals surface area contributed by atoms with Crippen molar-refractivity contribution in [2.75, 3.05) is 23.3 Å². The van der Waals surface area contributed by atoms with E-state index in [1.807, 2.05) is 13.8 Å². The van der Waals surface area contributed by atoms with E-state index in [1.165, 1.54) is 6.07 Å². The number of benzene rings is 1. The zero-order valence-electron chi connectivity index (χ0n) is 19.4. The first-order chi connectivity index (χ1) is 16.6. The van der Waals surface area contributed by atoms with Gasteiger partial charge in [-0.05, 0) is 63.6 Å². The fourth-order valence-corrected chi connectivity index (χ4v) is 5.07. The van der Waals surface area contributed by atoms with Crippen molar-refractivity contribution in [2.24, 2.45) is 11.8 Å². The highest BCUT2D eigenvalue weighted by Gasteiger charge is 2.44. The van der Waals surface area contributed by atoms with Gasteiger partial charge in [0, 0.05) is 19.1 Å². The SMILES string of the molecule is Cc1noc(N2C[C@H]3CC[C@@H](C2)C3Nc2nc(Oc3ccc(Cl)c(C(F)(F)F)c3)n(C(C)C)n2)n1. The van der Waals surface area contributed by atoms with Crippen LogP contribution in [0.15, 0.2) is 22.7 Å². The number of anilines is 2. The Kier molecular flexibility index (Phi) is 6.02. The second kappa shape index (κ2) is 8.89. The highest BCUT2D eigenvalue weighted by molar-refractivity contribution is 6.31. The van der Waals surface area contributed by atoms with Crippen molar-refractivity contribution in [3.63, 3.8) is 0 Å². The highest BCUT2D eigenvalue weighted by atomic mass is 35.5. The van der Waals surface area contributed by atoms with Gasteiger partial charge in [-0.15, -0.1) is 5.10 Å². The van der Waals surface area contributed by atoms with Gasteiger partial charge in [-0.3, -0.25) is 0 Å². The highest BCUT2D eigenvalue weighted by Crippen LogP contribution is 2.41. The molecule has 2 aliphatic rings. The maximum absolute atomic E-state index is 13.3. The Bertz CT molecular complexity index is 1200. The molecule has 5 rings (SSSR count). The number of ether oxygens (including phenoxy) is 1. The number of alkyl halides is 3. The number of nitrogens with zero attached hydrogens (tertiary/aromatic N) is 6. The van der Waals surface area contributed by atoms with Crippen LogP contribution >= 0.6 is 11.6 Å². The van der Waals surface area contributed by atoms with Crippen LogP contribution in [0.2, 0.25) is 5.02 Å². The first-order valence-corrected chi connectivity index (χ1v) is 11.8. The van der Waals surface area contributed by atoms with Gasteiger partial charge in [0.05, 0.1) is 16.6 Å². The molecule has 3 heterocycles.